The molecule has 0 radical (unpaired) electrons. The fourth-order valence-electron chi connectivity index (χ4n) is 1.13. The Bertz CT molecular complexity index is 705. The largest absolute Gasteiger partial charge is 0.244 e. The second kappa shape index (κ2) is 5.01. The number of halogens is 1. The molecule has 0 amide bonds. The maximum atomic E-state index is 13.4. The van der Waals surface area contributed by atoms with E-state index in [1.165, 1.54) is 6.07 Å². The lowest BCUT2D eigenvalue weighted by Gasteiger charge is -2.06. The van der Waals surface area contributed by atoms with Crippen LogP contribution in [0.15, 0.2) is 28.0 Å². The molecule has 0 unspecified atom stereocenters. The zero-order valence-electron chi connectivity index (χ0n) is 9.21. The van der Waals surface area contributed by atoms with E-state index in [0.29, 0.717) is 6.07 Å². The van der Waals surface area contributed by atoms with Gasteiger partial charge in [-0.3, -0.25) is 0 Å². The molecule has 1 aromatic rings. The SMILES string of the molecule is CS(=O)(=O)c1ccc(F)c(S(=O)(=O)NCC#N)c1. The monoisotopic (exact) mass is 292 g/mol. The summed E-state index contributed by atoms with van der Waals surface area (Å²) >= 11 is 0. The average molecular weight is 292 g/mol. The predicted octanol–water partition coefficient (Wildman–Crippen LogP) is 0.0311. The van der Waals surface area contributed by atoms with Gasteiger partial charge in [0, 0.05) is 6.26 Å². The van der Waals surface area contributed by atoms with E-state index in [1.54, 1.807) is 0 Å². The Labute approximate surface area is 104 Å². The van der Waals surface area contributed by atoms with Crippen LogP contribution < -0.4 is 4.72 Å². The number of benzene rings is 1. The van der Waals surface area contributed by atoms with Crippen molar-refractivity contribution in [3.63, 3.8) is 0 Å². The number of nitrogens with zero attached hydrogens (tertiary/aromatic N) is 1. The minimum absolute atomic E-state index is 0.318. The van der Waals surface area contributed by atoms with E-state index >= 15 is 0 Å². The zero-order chi connectivity index (χ0) is 14.0. The lowest BCUT2D eigenvalue weighted by atomic mass is 10.3. The van der Waals surface area contributed by atoms with Crippen LogP contribution in [0.3, 0.4) is 0 Å². The van der Waals surface area contributed by atoms with Crippen molar-refractivity contribution >= 4 is 19.9 Å². The fourth-order valence-corrected chi connectivity index (χ4v) is 2.86. The summed E-state index contributed by atoms with van der Waals surface area (Å²) < 4.78 is 60.9. The van der Waals surface area contributed by atoms with Gasteiger partial charge in [-0.1, -0.05) is 0 Å². The van der Waals surface area contributed by atoms with Crippen LogP contribution in [0.2, 0.25) is 0 Å². The quantitative estimate of drug-likeness (QED) is 0.623. The fraction of sp³-hybridized carbons (Fsp3) is 0.222. The van der Waals surface area contributed by atoms with Crippen molar-refractivity contribution < 1.29 is 21.2 Å². The number of rotatable bonds is 4. The Kier molecular flexibility index (Phi) is 4.05. The zero-order valence-corrected chi connectivity index (χ0v) is 10.8. The smallest absolute Gasteiger partial charge is 0.224 e. The average Bonchev–Trinajstić information content (AvgIpc) is 2.25. The molecule has 0 saturated carbocycles. The third-order valence-electron chi connectivity index (χ3n) is 1.96. The summed E-state index contributed by atoms with van der Waals surface area (Å²) in [4.78, 5) is -1.12. The van der Waals surface area contributed by atoms with Crippen LogP contribution in [0, 0.1) is 17.1 Å². The molecule has 0 aliphatic carbocycles. The summed E-state index contributed by atoms with van der Waals surface area (Å²) in [6, 6.07) is 3.95. The molecule has 0 atom stereocenters. The maximum absolute atomic E-state index is 13.4. The number of hydrogen-bond acceptors (Lipinski definition) is 5. The van der Waals surface area contributed by atoms with Gasteiger partial charge in [0.1, 0.15) is 10.7 Å². The molecule has 98 valence electrons. The highest BCUT2D eigenvalue weighted by molar-refractivity contribution is 7.91. The molecule has 1 N–H and O–H groups in total. The second-order valence-corrected chi connectivity index (χ2v) is 7.10. The van der Waals surface area contributed by atoms with Crippen LogP contribution in [0.1, 0.15) is 0 Å². The molecule has 1 rings (SSSR count). The number of sulfonamides is 1. The van der Waals surface area contributed by atoms with E-state index in [0.717, 1.165) is 18.4 Å². The van der Waals surface area contributed by atoms with E-state index in [2.05, 4.69) is 0 Å². The molecular weight excluding hydrogens is 283 g/mol. The number of sulfone groups is 1. The van der Waals surface area contributed by atoms with Gasteiger partial charge in [0.15, 0.2) is 9.84 Å². The highest BCUT2D eigenvalue weighted by atomic mass is 32.2. The molecule has 0 aliphatic rings. The lowest BCUT2D eigenvalue weighted by molar-refractivity contribution is 0.558. The highest BCUT2D eigenvalue weighted by Gasteiger charge is 2.21. The van der Waals surface area contributed by atoms with E-state index < -0.39 is 37.1 Å². The van der Waals surface area contributed by atoms with Gasteiger partial charge in [-0.15, -0.1) is 0 Å². The first-order valence-electron chi connectivity index (χ1n) is 4.55. The normalized spacial score (nSPS) is 12.1. The minimum Gasteiger partial charge on any atom is -0.224 e. The Morgan fingerprint density at radius 3 is 2.44 bits per heavy atom. The molecule has 0 fully saturated rings. The van der Waals surface area contributed by atoms with Gasteiger partial charge in [0.05, 0.1) is 17.5 Å². The first-order chi connectivity index (χ1) is 8.18. The van der Waals surface area contributed by atoms with E-state index in [4.69, 9.17) is 5.26 Å². The number of nitriles is 1. The standard InChI is InChI=1S/C9H9FN2O4S2/c1-17(13,14)7-2-3-8(10)9(6-7)18(15,16)12-5-4-11/h2-3,6,12H,5H2,1H3. The topological polar surface area (TPSA) is 104 Å². The first kappa shape index (κ1) is 14.6. The summed E-state index contributed by atoms with van der Waals surface area (Å²) in [5, 5.41) is 8.26. The predicted molar refractivity (Wildman–Crippen MR) is 60.3 cm³/mol. The van der Waals surface area contributed by atoms with Crippen LogP contribution >= 0.6 is 0 Å². The summed E-state index contributed by atoms with van der Waals surface area (Å²) in [6.07, 6.45) is 0.874. The van der Waals surface area contributed by atoms with Crippen molar-refractivity contribution in [1.29, 1.82) is 5.26 Å². The molecule has 0 aromatic heterocycles. The van der Waals surface area contributed by atoms with E-state index in [-0.39, 0.29) is 4.90 Å². The van der Waals surface area contributed by atoms with Gasteiger partial charge >= 0.3 is 0 Å². The molecule has 0 bridgehead atoms. The first-order valence-corrected chi connectivity index (χ1v) is 7.92. The molecule has 6 nitrogen and oxygen atoms in total. The molecule has 9 heteroatoms. The molecule has 0 spiro atoms. The minimum atomic E-state index is -4.25. The van der Waals surface area contributed by atoms with Crippen LogP contribution in [0.5, 0.6) is 0 Å². The van der Waals surface area contributed by atoms with Gasteiger partial charge in [0.2, 0.25) is 10.0 Å². The van der Waals surface area contributed by atoms with E-state index in [1.807, 2.05) is 4.72 Å². The third-order valence-corrected chi connectivity index (χ3v) is 4.49. The van der Waals surface area contributed by atoms with Crippen molar-refractivity contribution in [2.24, 2.45) is 0 Å². The molecular formula is C9H9FN2O4S2. The lowest BCUT2D eigenvalue weighted by Crippen LogP contribution is -2.25. The Morgan fingerprint density at radius 2 is 1.94 bits per heavy atom. The van der Waals surface area contributed by atoms with Crippen molar-refractivity contribution in [3.8, 4) is 6.07 Å². The maximum Gasteiger partial charge on any atom is 0.244 e. The number of hydrogen-bond donors (Lipinski definition) is 1. The molecule has 18 heavy (non-hydrogen) atoms. The van der Waals surface area contributed by atoms with Gasteiger partial charge in [-0.25, -0.2) is 21.2 Å². The molecule has 0 aliphatic heterocycles. The highest BCUT2D eigenvalue weighted by Crippen LogP contribution is 2.19. The second-order valence-electron chi connectivity index (χ2n) is 3.35. The Balaban J connectivity index is 3.38. The molecule has 0 heterocycles. The van der Waals surface area contributed by atoms with Crippen molar-refractivity contribution in [2.45, 2.75) is 9.79 Å². The molecule has 0 saturated heterocycles. The van der Waals surface area contributed by atoms with Gasteiger partial charge in [0.25, 0.3) is 0 Å². The van der Waals surface area contributed by atoms with Gasteiger partial charge in [-0.2, -0.15) is 9.98 Å². The summed E-state index contributed by atoms with van der Waals surface area (Å²) in [7, 11) is -7.89. The summed E-state index contributed by atoms with van der Waals surface area (Å²) in [6.45, 7) is -0.537. The van der Waals surface area contributed by atoms with Crippen molar-refractivity contribution in [2.75, 3.05) is 12.8 Å². The van der Waals surface area contributed by atoms with Crippen LogP contribution in [0.25, 0.3) is 0 Å². The van der Waals surface area contributed by atoms with Crippen molar-refractivity contribution in [3.05, 3.63) is 24.0 Å². The molecule has 1 aromatic carbocycles. The van der Waals surface area contributed by atoms with Gasteiger partial charge in [-0.05, 0) is 18.2 Å². The Hall–Kier alpha value is -1.50. The summed E-state index contributed by atoms with van der Waals surface area (Å²) in [5.74, 6) is -1.09. The van der Waals surface area contributed by atoms with Crippen LogP contribution in [-0.2, 0) is 19.9 Å². The third kappa shape index (κ3) is 3.25. The van der Waals surface area contributed by atoms with Crippen LogP contribution in [0.4, 0.5) is 4.39 Å². The van der Waals surface area contributed by atoms with Crippen molar-refractivity contribution in [1.82, 2.24) is 4.72 Å². The van der Waals surface area contributed by atoms with Gasteiger partial charge < -0.3 is 0 Å². The Morgan fingerprint density at radius 1 is 1.33 bits per heavy atom. The van der Waals surface area contributed by atoms with Crippen LogP contribution in [-0.4, -0.2) is 29.6 Å². The number of nitrogens with one attached hydrogen (secondary N) is 1. The summed E-state index contributed by atoms with van der Waals surface area (Å²) in [5.41, 5.74) is 0. The van der Waals surface area contributed by atoms with E-state index in [9.17, 15) is 21.2 Å².